The first kappa shape index (κ1) is 20.7. The van der Waals surface area contributed by atoms with E-state index in [0.717, 1.165) is 0 Å². The van der Waals surface area contributed by atoms with Crippen molar-refractivity contribution in [3.8, 4) is 0 Å². The van der Waals surface area contributed by atoms with Crippen LogP contribution in [-0.2, 0) is 14.3 Å². The monoisotopic (exact) mass is 326 g/mol. The second-order valence-corrected chi connectivity index (χ2v) is 5.11. The number of esters is 1. The summed E-state index contributed by atoms with van der Waals surface area (Å²) in [4.78, 5) is 22.4. The van der Waals surface area contributed by atoms with Crippen molar-refractivity contribution in [1.29, 1.82) is 0 Å². The molecule has 0 aliphatic carbocycles. The van der Waals surface area contributed by atoms with E-state index in [1.54, 1.807) is 0 Å². The molecule has 0 saturated carbocycles. The number of carbonyl (C=O) groups excluding carboxylic acids is 1. The van der Waals surface area contributed by atoms with E-state index in [9.17, 15) is 30.0 Å². The van der Waals surface area contributed by atoms with Gasteiger partial charge in [0.25, 0.3) is 0 Å². The number of rotatable bonds is 9. The summed E-state index contributed by atoms with van der Waals surface area (Å²) in [5.74, 6) is -3.59. The fourth-order valence-electron chi connectivity index (χ4n) is 1.53. The summed E-state index contributed by atoms with van der Waals surface area (Å²) in [7, 11) is 0. The van der Waals surface area contributed by atoms with Crippen molar-refractivity contribution in [2.45, 2.75) is 50.5 Å². The summed E-state index contributed by atoms with van der Waals surface area (Å²) in [5, 5.41) is 64.5. The van der Waals surface area contributed by atoms with Crippen molar-refractivity contribution >= 4 is 11.9 Å². The average molecular weight is 326 g/mol. The Labute approximate surface area is 126 Å². The Bertz CT molecular complexity index is 371. The molecule has 0 rings (SSSR count). The zero-order valence-electron chi connectivity index (χ0n) is 12.1. The molecule has 7 N–H and O–H groups in total. The number of carboxylic acids is 1. The standard InChI is InChI=1S/C12H22O10/c1-4(2)10(11(19)20)22-12(21)9(18)8(17)7(16)6(15)5(14)3-13/h4-10,13-18H,3H2,1-2H3,(H,19,20)/t5-,6+,7-,8-,9-,10?/m1/s1. The van der Waals surface area contributed by atoms with Gasteiger partial charge >= 0.3 is 11.9 Å². The third-order valence-corrected chi connectivity index (χ3v) is 2.94. The summed E-state index contributed by atoms with van der Waals surface area (Å²) in [6.45, 7) is 1.97. The number of carbonyl (C=O) groups is 2. The SMILES string of the molecule is CC(C)C(OC(=O)[C@H](O)[C@H](O)[C@H](O)[C@@H](O)[C@H](O)CO)C(=O)O. The molecule has 130 valence electrons. The molecule has 10 heteroatoms. The fraction of sp³-hybridized carbons (Fsp3) is 0.833. The molecule has 0 aromatic heterocycles. The van der Waals surface area contributed by atoms with Crippen LogP contribution < -0.4 is 0 Å². The zero-order chi connectivity index (χ0) is 17.6. The summed E-state index contributed by atoms with van der Waals surface area (Å²) >= 11 is 0. The minimum Gasteiger partial charge on any atom is -0.478 e. The second-order valence-electron chi connectivity index (χ2n) is 5.11. The summed E-state index contributed by atoms with van der Waals surface area (Å²) in [6.07, 6.45) is -12.2. The van der Waals surface area contributed by atoms with Gasteiger partial charge in [-0.05, 0) is 0 Å². The Balaban J connectivity index is 4.83. The zero-order valence-corrected chi connectivity index (χ0v) is 12.1. The Kier molecular flexibility index (Phi) is 8.45. The molecule has 0 amide bonds. The Morgan fingerprint density at radius 2 is 1.45 bits per heavy atom. The van der Waals surface area contributed by atoms with Crippen LogP contribution in [0, 0.1) is 5.92 Å². The van der Waals surface area contributed by atoms with Crippen molar-refractivity contribution in [2.24, 2.45) is 5.92 Å². The lowest BCUT2D eigenvalue weighted by molar-refractivity contribution is -0.186. The van der Waals surface area contributed by atoms with Gasteiger partial charge in [0, 0.05) is 5.92 Å². The number of ether oxygens (including phenoxy) is 1. The van der Waals surface area contributed by atoms with Crippen molar-refractivity contribution in [2.75, 3.05) is 6.61 Å². The van der Waals surface area contributed by atoms with E-state index in [0.29, 0.717) is 0 Å². The number of carboxylic acid groups (broad SMARTS) is 1. The molecule has 0 bridgehead atoms. The molecular formula is C12H22O10. The van der Waals surface area contributed by atoms with Crippen molar-refractivity contribution in [3.63, 3.8) is 0 Å². The highest BCUT2D eigenvalue weighted by molar-refractivity contribution is 5.80. The molecule has 0 aromatic carbocycles. The maximum atomic E-state index is 11.6. The molecule has 22 heavy (non-hydrogen) atoms. The van der Waals surface area contributed by atoms with E-state index in [1.807, 2.05) is 0 Å². The molecule has 0 radical (unpaired) electrons. The summed E-state index contributed by atoms with van der Waals surface area (Å²) in [6, 6.07) is 0. The quantitative estimate of drug-likeness (QED) is 0.209. The lowest BCUT2D eigenvalue weighted by Gasteiger charge is -2.28. The molecule has 0 aliphatic heterocycles. The Hall–Kier alpha value is -1.30. The van der Waals surface area contributed by atoms with E-state index >= 15 is 0 Å². The number of hydrogen-bond acceptors (Lipinski definition) is 9. The van der Waals surface area contributed by atoms with E-state index in [1.165, 1.54) is 13.8 Å². The van der Waals surface area contributed by atoms with Gasteiger partial charge < -0.3 is 40.5 Å². The molecule has 0 fully saturated rings. The maximum absolute atomic E-state index is 11.6. The molecule has 1 unspecified atom stereocenters. The number of hydrogen-bond donors (Lipinski definition) is 7. The largest absolute Gasteiger partial charge is 0.478 e. The highest BCUT2D eigenvalue weighted by Crippen LogP contribution is 2.13. The Morgan fingerprint density at radius 3 is 1.82 bits per heavy atom. The van der Waals surface area contributed by atoms with Gasteiger partial charge in [0.1, 0.15) is 24.4 Å². The van der Waals surface area contributed by atoms with Gasteiger partial charge in [0.05, 0.1) is 6.61 Å². The average Bonchev–Trinajstić information content (AvgIpc) is 2.47. The first-order valence-corrected chi connectivity index (χ1v) is 6.49. The van der Waals surface area contributed by atoms with Gasteiger partial charge in [-0.2, -0.15) is 0 Å². The van der Waals surface area contributed by atoms with Crippen LogP contribution in [0.3, 0.4) is 0 Å². The predicted molar refractivity (Wildman–Crippen MR) is 69.5 cm³/mol. The van der Waals surface area contributed by atoms with Gasteiger partial charge in [-0.3, -0.25) is 0 Å². The van der Waals surface area contributed by atoms with Crippen molar-refractivity contribution in [3.05, 3.63) is 0 Å². The van der Waals surface area contributed by atoms with Gasteiger partial charge in [-0.25, -0.2) is 9.59 Å². The van der Waals surface area contributed by atoms with Crippen LogP contribution in [0.15, 0.2) is 0 Å². The van der Waals surface area contributed by atoms with Crippen LogP contribution >= 0.6 is 0 Å². The second kappa shape index (κ2) is 8.98. The van der Waals surface area contributed by atoms with E-state index in [2.05, 4.69) is 4.74 Å². The van der Waals surface area contributed by atoms with Gasteiger partial charge in [-0.1, -0.05) is 13.8 Å². The molecule has 0 heterocycles. The summed E-state index contributed by atoms with van der Waals surface area (Å²) in [5.41, 5.74) is 0. The Morgan fingerprint density at radius 1 is 0.955 bits per heavy atom. The smallest absolute Gasteiger partial charge is 0.345 e. The molecule has 6 atom stereocenters. The van der Waals surface area contributed by atoms with Gasteiger partial charge in [-0.15, -0.1) is 0 Å². The molecular weight excluding hydrogens is 304 g/mol. The predicted octanol–water partition coefficient (Wildman–Crippen LogP) is -3.56. The van der Waals surface area contributed by atoms with Crippen LogP contribution in [0.1, 0.15) is 13.8 Å². The molecule has 0 aliphatic rings. The van der Waals surface area contributed by atoms with Gasteiger partial charge in [0.2, 0.25) is 6.10 Å². The molecule has 0 saturated heterocycles. The first-order chi connectivity index (χ1) is 10.0. The third-order valence-electron chi connectivity index (χ3n) is 2.94. The molecule has 0 aromatic rings. The number of aliphatic hydroxyl groups is 6. The van der Waals surface area contributed by atoms with E-state index < -0.39 is 61.1 Å². The minimum absolute atomic E-state index is 0.613. The van der Waals surface area contributed by atoms with Crippen LogP contribution in [-0.4, -0.2) is 90.9 Å². The van der Waals surface area contributed by atoms with Crippen LogP contribution in [0.25, 0.3) is 0 Å². The molecule has 10 nitrogen and oxygen atoms in total. The highest BCUT2D eigenvalue weighted by atomic mass is 16.6. The third kappa shape index (κ3) is 5.48. The van der Waals surface area contributed by atoms with E-state index in [-0.39, 0.29) is 0 Å². The fourth-order valence-corrected chi connectivity index (χ4v) is 1.53. The van der Waals surface area contributed by atoms with Crippen molar-refractivity contribution in [1.82, 2.24) is 0 Å². The van der Waals surface area contributed by atoms with Crippen LogP contribution in [0.4, 0.5) is 0 Å². The minimum atomic E-state index is -2.35. The van der Waals surface area contributed by atoms with Gasteiger partial charge in [0.15, 0.2) is 6.10 Å². The number of aliphatic hydroxyl groups excluding tert-OH is 6. The highest BCUT2D eigenvalue weighted by Gasteiger charge is 2.39. The maximum Gasteiger partial charge on any atom is 0.345 e. The van der Waals surface area contributed by atoms with E-state index in [4.69, 9.17) is 15.3 Å². The normalized spacial score (nSPS) is 19.9. The van der Waals surface area contributed by atoms with Crippen LogP contribution in [0.5, 0.6) is 0 Å². The topological polar surface area (TPSA) is 185 Å². The van der Waals surface area contributed by atoms with Crippen LogP contribution in [0.2, 0.25) is 0 Å². The molecule has 0 spiro atoms. The number of aliphatic carboxylic acids is 1. The summed E-state index contributed by atoms with van der Waals surface area (Å²) < 4.78 is 4.52. The first-order valence-electron chi connectivity index (χ1n) is 6.49. The lowest BCUT2D eigenvalue weighted by Crippen LogP contribution is -2.52. The lowest BCUT2D eigenvalue weighted by atomic mass is 9.99. The van der Waals surface area contributed by atoms with Crippen molar-refractivity contribution < 1.29 is 50.1 Å².